The van der Waals surface area contributed by atoms with E-state index in [1.54, 1.807) is 13.0 Å². The molecule has 0 spiro atoms. The summed E-state index contributed by atoms with van der Waals surface area (Å²) in [5.74, 6) is 0.676. The van der Waals surface area contributed by atoms with E-state index >= 15 is 0 Å². The Morgan fingerprint density at radius 3 is 2.87 bits per heavy atom. The number of nitrogens with zero attached hydrogens (tertiary/aromatic N) is 1. The fourth-order valence-electron chi connectivity index (χ4n) is 2.78. The zero-order valence-corrected chi connectivity index (χ0v) is 13.6. The summed E-state index contributed by atoms with van der Waals surface area (Å²) in [6, 6.07) is 7.21. The van der Waals surface area contributed by atoms with Crippen LogP contribution in [0.3, 0.4) is 0 Å². The van der Waals surface area contributed by atoms with Gasteiger partial charge in [-0.3, -0.25) is 4.79 Å². The van der Waals surface area contributed by atoms with Crippen LogP contribution >= 0.6 is 11.6 Å². The number of hydrogen-bond donors (Lipinski definition) is 2. The number of halogens is 1. The van der Waals surface area contributed by atoms with Gasteiger partial charge in [-0.05, 0) is 38.2 Å². The number of amides is 1. The van der Waals surface area contributed by atoms with Gasteiger partial charge in [-0.15, -0.1) is 0 Å². The average molecular weight is 335 g/mol. The first-order valence-corrected chi connectivity index (χ1v) is 8.12. The summed E-state index contributed by atoms with van der Waals surface area (Å²) >= 11 is 6.21. The maximum absolute atomic E-state index is 12.7. The molecule has 23 heavy (non-hydrogen) atoms. The molecule has 6 heteroatoms. The van der Waals surface area contributed by atoms with E-state index < -0.39 is 0 Å². The first kappa shape index (κ1) is 16.0. The van der Waals surface area contributed by atoms with Crippen molar-refractivity contribution in [1.82, 2.24) is 10.5 Å². The van der Waals surface area contributed by atoms with E-state index in [-0.39, 0.29) is 18.6 Å². The third kappa shape index (κ3) is 3.41. The minimum Gasteiger partial charge on any atom is -0.396 e. The maximum atomic E-state index is 12.7. The number of benzene rings is 1. The average Bonchev–Trinajstić information content (AvgIpc) is 3.30. The minimum absolute atomic E-state index is 0.0131. The molecule has 2 aromatic rings. The van der Waals surface area contributed by atoms with Gasteiger partial charge in [0, 0.05) is 18.2 Å². The van der Waals surface area contributed by atoms with E-state index in [1.807, 2.05) is 18.2 Å². The second-order valence-corrected chi connectivity index (χ2v) is 6.28. The predicted octanol–water partition coefficient (Wildman–Crippen LogP) is 3.19. The van der Waals surface area contributed by atoms with Crippen molar-refractivity contribution in [1.29, 1.82) is 0 Å². The number of carbonyl (C=O) groups is 1. The van der Waals surface area contributed by atoms with Gasteiger partial charge >= 0.3 is 0 Å². The van der Waals surface area contributed by atoms with Crippen LogP contribution in [0.5, 0.6) is 0 Å². The topological polar surface area (TPSA) is 75.4 Å². The van der Waals surface area contributed by atoms with Crippen molar-refractivity contribution in [3.8, 4) is 11.3 Å². The number of aromatic nitrogens is 1. The molecule has 2 N–H and O–H groups in total. The highest BCUT2D eigenvalue weighted by molar-refractivity contribution is 6.33. The molecule has 0 radical (unpaired) electrons. The Bertz CT molecular complexity index is 710. The fourth-order valence-corrected chi connectivity index (χ4v) is 3.01. The standard InChI is InChI=1S/C17H19ClN2O3/c1-10-15(17(22)19-14(8-9-21)11-6-7-11)16(20-23-10)12-4-2-3-5-13(12)18/h2-5,11,14,21H,6-9H2,1H3,(H,19,22). The van der Waals surface area contributed by atoms with Crippen LogP contribution < -0.4 is 5.32 Å². The number of aliphatic hydroxyl groups is 1. The third-order valence-corrected chi connectivity index (χ3v) is 4.50. The summed E-state index contributed by atoms with van der Waals surface area (Å²) < 4.78 is 5.22. The van der Waals surface area contributed by atoms with E-state index in [0.29, 0.717) is 39.9 Å². The second-order valence-electron chi connectivity index (χ2n) is 5.87. The Morgan fingerprint density at radius 1 is 1.48 bits per heavy atom. The summed E-state index contributed by atoms with van der Waals surface area (Å²) in [6.45, 7) is 1.77. The van der Waals surface area contributed by atoms with Gasteiger partial charge < -0.3 is 14.9 Å². The number of aryl methyl sites for hydroxylation is 1. The van der Waals surface area contributed by atoms with Gasteiger partial charge in [-0.25, -0.2) is 0 Å². The van der Waals surface area contributed by atoms with E-state index in [0.717, 1.165) is 12.8 Å². The third-order valence-electron chi connectivity index (χ3n) is 4.17. The van der Waals surface area contributed by atoms with Crippen LogP contribution in [0.1, 0.15) is 35.4 Å². The molecule has 1 atom stereocenters. The summed E-state index contributed by atoms with van der Waals surface area (Å²) in [4.78, 5) is 12.7. The molecule has 0 bridgehead atoms. The van der Waals surface area contributed by atoms with Crippen LogP contribution in [0.2, 0.25) is 5.02 Å². The van der Waals surface area contributed by atoms with Gasteiger partial charge in [0.2, 0.25) is 0 Å². The Kier molecular flexibility index (Phi) is 4.68. The molecule has 0 aliphatic heterocycles. The van der Waals surface area contributed by atoms with Crippen LogP contribution in [-0.2, 0) is 0 Å². The molecule has 1 unspecified atom stereocenters. The number of rotatable bonds is 6. The first-order chi connectivity index (χ1) is 11.1. The lowest BCUT2D eigenvalue weighted by Crippen LogP contribution is -2.37. The summed E-state index contributed by atoms with van der Waals surface area (Å²) in [7, 11) is 0. The van der Waals surface area contributed by atoms with Crippen molar-refractivity contribution in [3.63, 3.8) is 0 Å². The Morgan fingerprint density at radius 2 is 2.22 bits per heavy atom. The second kappa shape index (κ2) is 6.72. The molecule has 1 aromatic carbocycles. The predicted molar refractivity (Wildman–Crippen MR) is 87.4 cm³/mol. The molecule has 1 amide bonds. The molecule has 1 heterocycles. The molecular formula is C17H19ClN2O3. The first-order valence-electron chi connectivity index (χ1n) is 7.74. The lowest BCUT2D eigenvalue weighted by molar-refractivity contribution is 0.0923. The molecule has 3 rings (SSSR count). The van der Waals surface area contributed by atoms with Crippen molar-refractivity contribution < 1.29 is 14.4 Å². The van der Waals surface area contributed by atoms with E-state index in [1.165, 1.54) is 0 Å². The van der Waals surface area contributed by atoms with Crippen molar-refractivity contribution >= 4 is 17.5 Å². The van der Waals surface area contributed by atoms with Crippen molar-refractivity contribution in [2.24, 2.45) is 5.92 Å². The largest absolute Gasteiger partial charge is 0.396 e. The van der Waals surface area contributed by atoms with Crippen LogP contribution in [0.25, 0.3) is 11.3 Å². The lowest BCUT2D eigenvalue weighted by Gasteiger charge is -2.17. The van der Waals surface area contributed by atoms with Gasteiger partial charge in [0.15, 0.2) is 0 Å². The molecule has 1 fully saturated rings. The van der Waals surface area contributed by atoms with Crippen LogP contribution in [0, 0.1) is 12.8 Å². The van der Waals surface area contributed by atoms with Gasteiger partial charge in [-0.1, -0.05) is 35.0 Å². The summed E-state index contributed by atoms with van der Waals surface area (Å²) in [5.41, 5.74) is 1.52. The minimum atomic E-state index is -0.232. The van der Waals surface area contributed by atoms with Crippen LogP contribution in [0.15, 0.2) is 28.8 Å². The highest BCUT2D eigenvalue weighted by atomic mass is 35.5. The van der Waals surface area contributed by atoms with Crippen molar-refractivity contribution in [2.75, 3.05) is 6.61 Å². The van der Waals surface area contributed by atoms with E-state index in [4.69, 9.17) is 16.1 Å². The molecule has 122 valence electrons. The Hall–Kier alpha value is -1.85. The zero-order valence-electron chi connectivity index (χ0n) is 12.9. The van der Waals surface area contributed by atoms with Crippen LogP contribution in [0.4, 0.5) is 0 Å². The van der Waals surface area contributed by atoms with Crippen molar-refractivity contribution in [3.05, 3.63) is 40.6 Å². The van der Waals surface area contributed by atoms with E-state index in [9.17, 15) is 9.90 Å². The van der Waals surface area contributed by atoms with Gasteiger partial charge in [0.1, 0.15) is 17.0 Å². The lowest BCUT2D eigenvalue weighted by atomic mass is 10.0. The molecule has 1 aromatic heterocycles. The molecule has 1 aliphatic rings. The fraction of sp³-hybridized carbons (Fsp3) is 0.412. The van der Waals surface area contributed by atoms with Gasteiger partial charge in [0.05, 0.1) is 5.02 Å². The monoisotopic (exact) mass is 334 g/mol. The molecular weight excluding hydrogens is 316 g/mol. The highest BCUT2D eigenvalue weighted by Crippen LogP contribution is 2.35. The number of nitrogens with one attached hydrogen (secondary N) is 1. The number of hydrogen-bond acceptors (Lipinski definition) is 4. The van der Waals surface area contributed by atoms with Gasteiger partial charge in [-0.2, -0.15) is 0 Å². The molecule has 1 aliphatic carbocycles. The Labute approximate surface area is 139 Å². The normalized spacial score (nSPS) is 15.4. The molecule has 5 nitrogen and oxygen atoms in total. The van der Waals surface area contributed by atoms with Crippen LogP contribution in [-0.4, -0.2) is 28.8 Å². The summed E-state index contributed by atoms with van der Waals surface area (Å²) in [5, 5.41) is 16.7. The SMILES string of the molecule is Cc1onc(-c2ccccc2Cl)c1C(=O)NC(CCO)C1CC1. The summed E-state index contributed by atoms with van der Waals surface area (Å²) in [6.07, 6.45) is 2.73. The van der Waals surface area contributed by atoms with Crippen molar-refractivity contribution in [2.45, 2.75) is 32.2 Å². The Balaban J connectivity index is 1.89. The quantitative estimate of drug-likeness (QED) is 0.850. The van der Waals surface area contributed by atoms with E-state index in [2.05, 4.69) is 10.5 Å². The highest BCUT2D eigenvalue weighted by Gasteiger charge is 2.33. The molecule has 0 saturated heterocycles. The maximum Gasteiger partial charge on any atom is 0.257 e. The van der Waals surface area contributed by atoms with Gasteiger partial charge in [0.25, 0.3) is 5.91 Å². The number of aliphatic hydroxyl groups excluding tert-OH is 1. The zero-order chi connectivity index (χ0) is 16.4. The molecule has 1 saturated carbocycles. The number of carbonyl (C=O) groups excluding carboxylic acids is 1. The smallest absolute Gasteiger partial charge is 0.257 e.